The first-order chi connectivity index (χ1) is 7.08. The molecule has 1 aliphatic carbocycles. The van der Waals surface area contributed by atoms with Crippen molar-refractivity contribution in [3.63, 3.8) is 0 Å². The van der Waals surface area contributed by atoms with E-state index in [2.05, 4.69) is 0 Å². The third kappa shape index (κ3) is 3.44. The predicted octanol–water partition coefficient (Wildman–Crippen LogP) is -0.225. The zero-order chi connectivity index (χ0) is 11.3. The number of methoxy groups -OCH3 is 1. The zero-order valence-corrected chi connectivity index (χ0v) is 9.20. The lowest BCUT2D eigenvalue weighted by Gasteiger charge is -2.35. The molecule has 0 aromatic heterocycles. The molecular weight excluding hydrogens is 196 g/mol. The van der Waals surface area contributed by atoms with E-state index < -0.39 is 11.4 Å². The van der Waals surface area contributed by atoms with Crippen molar-refractivity contribution in [3.05, 3.63) is 0 Å². The second-order valence-electron chi connectivity index (χ2n) is 4.10. The molecule has 2 unspecified atom stereocenters. The average Bonchev–Trinajstić information content (AvgIpc) is 2.18. The van der Waals surface area contributed by atoms with Crippen LogP contribution in [0.2, 0.25) is 0 Å². The van der Waals surface area contributed by atoms with Crippen LogP contribution in [-0.2, 0) is 14.3 Å². The molecule has 5 heteroatoms. The molecule has 0 aromatic carbocycles. The number of amides is 1. The maximum atomic E-state index is 11.2. The molecule has 1 saturated carbocycles. The molecule has 4 N–H and O–H groups in total. The van der Waals surface area contributed by atoms with E-state index in [-0.39, 0.29) is 6.10 Å². The summed E-state index contributed by atoms with van der Waals surface area (Å²) in [7, 11) is 1.63. The molecular formula is C10H20N2O3. The zero-order valence-electron chi connectivity index (χ0n) is 9.20. The van der Waals surface area contributed by atoms with Gasteiger partial charge in [-0.1, -0.05) is 0 Å². The predicted molar refractivity (Wildman–Crippen MR) is 56.2 cm³/mol. The summed E-state index contributed by atoms with van der Waals surface area (Å²) in [6, 6.07) is 0. The third-order valence-electron chi connectivity index (χ3n) is 2.87. The summed E-state index contributed by atoms with van der Waals surface area (Å²) in [5.41, 5.74) is 10.3. The molecule has 15 heavy (non-hydrogen) atoms. The van der Waals surface area contributed by atoms with E-state index in [1.165, 1.54) is 0 Å². The van der Waals surface area contributed by atoms with Crippen molar-refractivity contribution in [2.24, 2.45) is 11.5 Å². The first kappa shape index (κ1) is 12.4. The second kappa shape index (κ2) is 5.44. The lowest BCUT2D eigenvalue weighted by molar-refractivity contribution is -0.126. The summed E-state index contributed by atoms with van der Waals surface area (Å²) in [5, 5.41) is 0. The summed E-state index contributed by atoms with van der Waals surface area (Å²) < 4.78 is 10.4. The average molecular weight is 216 g/mol. The van der Waals surface area contributed by atoms with Crippen LogP contribution in [0, 0.1) is 0 Å². The van der Waals surface area contributed by atoms with Gasteiger partial charge in [0, 0.05) is 13.5 Å². The maximum Gasteiger partial charge on any atom is 0.237 e. The van der Waals surface area contributed by atoms with Gasteiger partial charge in [0.2, 0.25) is 5.91 Å². The highest BCUT2D eigenvalue weighted by Gasteiger charge is 2.38. The number of hydrogen-bond acceptors (Lipinski definition) is 4. The van der Waals surface area contributed by atoms with Gasteiger partial charge in [0.15, 0.2) is 0 Å². The minimum absolute atomic E-state index is 0.0337. The lowest BCUT2D eigenvalue weighted by Crippen LogP contribution is -2.56. The Morgan fingerprint density at radius 3 is 2.87 bits per heavy atom. The Kier molecular flexibility index (Phi) is 4.50. The van der Waals surface area contributed by atoms with E-state index in [0.29, 0.717) is 26.1 Å². The molecule has 2 atom stereocenters. The van der Waals surface area contributed by atoms with Crippen LogP contribution in [0.25, 0.3) is 0 Å². The first-order valence-corrected chi connectivity index (χ1v) is 5.28. The van der Waals surface area contributed by atoms with Gasteiger partial charge in [0.05, 0.1) is 24.9 Å². The molecule has 0 spiro atoms. The highest BCUT2D eigenvalue weighted by molar-refractivity contribution is 5.84. The van der Waals surface area contributed by atoms with Crippen molar-refractivity contribution < 1.29 is 14.3 Å². The van der Waals surface area contributed by atoms with Crippen LogP contribution in [-0.4, -0.2) is 37.9 Å². The number of carbonyl (C=O) groups excluding carboxylic acids is 1. The van der Waals surface area contributed by atoms with Gasteiger partial charge < -0.3 is 20.9 Å². The molecule has 5 nitrogen and oxygen atoms in total. The fourth-order valence-corrected chi connectivity index (χ4v) is 1.92. The SMILES string of the molecule is COCCOC1CCCC(N)(C(N)=O)C1. The van der Waals surface area contributed by atoms with E-state index in [9.17, 15) is 4.79 Å². The van der Waals surface area contributed by atoms with E-state index in [0.717, 1.165) is 12.8 Å². The highest BCUT2D eigenvalue weighted by Crippen LogP contribution is 2.27. The smallest absolute Gasteiger partial charge is 0.237 e. The number of hydrogen-bond donors (Lipinski definition) is 2. The van der Waals surface area contributed by atoms with E-state index >= 15 is 0 Å². The summed E-state index contributed by atoms with van der Waals surface area (Å²) in [6.07, 6.45) is 3.04. The van der Waals surface area contributed by atoms with Gasteiger partial charge in [-0.15, -0.1) is 0 Å². The third-order valence-corrected chi connectivity index (χ3v) is 2.87. The largest absolute Gasteiger partial charge is 0.382 e. The van der Waals surface area contributed by atoms with Crippen LogP contribution in [0.4, 0.5) is 0 Å². The molecule has 88 valence electrons. The van der Waals surface area contributed by atoms with Crippen LogP contribution < -0.4 is 11.5 Å². The van der Waals surface area contributed by atoms with Crippen molar-refractivity contribution in [2.45, 2.75) is 37.3 Å². The van der Waals surface area contributed by atoms with Crippen molar-refractivity contribution in [3.8, 4) is 0 Å². The van der Waals surface area contributed by atoms with Gasteiger partial charge in [0.1, 0.15) is 0 Å². The monoisotopic (exact) mass is 216 g/mol. The van der Waals surface area contributed by atoms with Crippen molar-refractivity contribution in [1.29, 1.82) is 0 Å². The van der Waals surface area contributed by atoms with Gasteiger partial charge in [-0.05, 0) is 19.3 Å². The Balaban J connectivity index is 2.38. The van der Waals surface area contributed by atoms with Crippen molar-refractivity contribution in [1.82, 2.24) is 0 Å². The molecule has 1 amide bonds. The number of ether oxygens (including phenoxy) is 2. The molecule has 0 aromatic rings. The fraction of sp³-hybridized carbons (Fsp3) is 0.900. The van der Waals surface area contributed by atoms with E-state index in [4.69, 9.17) is 20.9 Å². The lowest BCUT2D eigenvalue weighted by atomic mass is 9.80. The molecule has 0 bridgehead atoms. The number of primary amides is 1. The Bertz CT molecular complexity index is 223. The van der Waals surface area contributed by atoms with Gasteiger partial charge >= 0.3 is 0 Å². The molecule has 0 radical (unpaired) electrons. The van der Waals surface area contributed by atoms with Crippen LogP contribution in [0.3, 0.4) is 0 Å². The van der Waals surface area contributed by atoms with Crippen LogP contribution in [0.1, 0.15) is 25.7 Å². The number of carbonyl (C=O) groups is 1. The Hall–Kier alpha value is -0.650. The van der Waals surface area contributed by atoms with Crippen LogP contribution in [0.15, 0.2) is 0 Å². The number of nitrogens with two attached hydrogens (primary N) is 2. The Morgan fingerprint density at radius 1 is 1.53 bits per heavy atom. The minimum Gasteiger partial charge on any atom is -0.382 e. The Labute approximate surface area is 90.1 Å². The summed E-state index contributed by atoms with van der Waals surface area (Å²) in [5.74, 6) is -0.428. The van der Waals surface area contributed by atoms with E-state index in [1.807, 2.05) is 0 Å². The van der Waals surface area contributed by atoms with Crippen LogP contribution >= 0.6 is 0 Å². The van der Waals surface area contributed by atoms with E-state index in [1.54, 1.807) is 7.11 Å². The molecule has 0 heterocycles. The van der Waals surface area contributed by atoms with Gasteiger partial charge in [0.25, 0.3) is 0 Å². The highest BCUT2D eigenvalue weighted by atomic mass is 16.5. The molecule has 1 aliphatic rings. The second-order valence-corrected chi connectivity index (χ2v) is 4.10. The fourth-order valence-electron chi connectivity index (χ4n) is 1.92. The van der Waals surface area contributed by atoms with Gasteiger partial charge in [-0.3, -0.25) is 4.79 Å². The summed E-state index contributed by atoms with van der Waals surface area (Å²) in [4.78, 5) is 11.2. The summed E-state index contributed by atoms with van der Waals surface area (Å²) in [6.45, 7) is 1.10. The maximum absolute atomic E-state index is 11.2. The summed E-state index contributed by atoms with van der Waals surface area (Å²) >= 11 is 0. The molecule has 0 saturated heterocycles. The molecule has 1 fully saturated rings. The van der Waals surface area contributed by atoms with Gasteiger partial charge in [-0.2, -0.15) is 0 Å². The Morgan fingerprint density at radius 2 is 2.27 bits per heavy atom. The minimum atomic E-state index is -0.879. The normalized spacial score (nSPS) is 31.5. The first-order valence-electron chi connectivity index (χ1n) is 5.28. The van der Waals surface area contributed by atoms with Crippen molar-refractivity contribution in [2.75, 3.05) is 20.3 Å². The van der Waals surface area contributed by atoms with Gasteiger partial charge in [-0.25, -0.2) is 0 Å². The standard InChI is InChI=1S/C10H20N2O3/c1-14-5-6-15-8-3-2-4-10(12,7-8)9(11)13/h8H,2-7,12H2,1H3,(H2,11,13). The number of rotatable bonds is 5. The topological polar surface area (TPSA) is 87.6 Å². The quantitative estimate of drug-likeness (QED) is 0.622. The van der Waals surface area contributed by atoms with Crippen LogP contribution in [0.5, 0.6) is 0 Å². The van der Waals surface area contributed by atoms with Crippen molar-refractivity contribution >= 4 is 5.91 Å². The molecule has 0 aliphatic heterocycles. The molecule has 1 rings (SSSR count).